The highest BCUT2D eigenvalue weighted by molar-refractivity contribution is 7.89. The van der Waals surface area contributed by atoms with Gasteiger partial charge in [0.25, 0.3) is 0 Å². The maximum atomic E-state index is 12.4. The quantitative estimate of drug-likeness (QED) is 0.769. The molecule has 1 saturated carbocycles. The van der Waals surface area contributed by atoms with Crippen molar-refractivity contribution in [3.63, 3.8) is 0 Å². The van der Waals surface area contributed by atoms with Gasteiger partial charge in [-0.2, -0.15) is 0 Å². The van der Waals surface area contributed by atoms with Gasteiger partial charge in [-0.05, 0) is 54.5 Å². The Hall–Kier alpha value is -1.40. The van der Waals surface area contributed by atoms with Gasteiger partial charge >= 0.3 is 0 Å². The van der Waals surface area contributed by atoms with E-state index in [1.54, 1.807) is 6.07 Å². The van der Waals surface area contributed by atoms with Crippen LogP contribution in [0.15, 0.2) is 47.4 Å². The fourth-order valence-corrected chi connectivity index (χ4v) is 5.39. The van der Waals surface area contributed by atoms with Crippen LogP contribution in [0.2, 0.25) is 0 Å². The Kier molecular flexibility index (Phi) is 5.69. The number of unbranched alkanes of at least 4 members (excludes halogenated alkanes) is 1. The summed E-state index contributed by atoms with van der Waals surface area (Å²) in [4.78, 5) is 0.255. The minimum absolute atomic E-state index is 0. The summed E-state index contributed by atoms with van der Waals surface area (Å²) in [6.07, 6.45) is 4.33. The molecule has 1 aliphatic heterocycles. The lowest BCUT2D eigenvalue weighted by Crippen LogP contribution is -2.23. The number of fused-ring (bicyclic) bond motifs is 1. The molecule has 0 bridgehead atoms. The molecule has 2 aromatic rings. The molecule has 4 rings (SSSR count). The highest BCUT2D eigenvalue weighted by Crippen LogP contribution is 2.60. The number of hydrogen-bond donors (Lipinski definition) is 2. The second-order valence-electron chi connectivity index (χ2n) is 7.68. The van der Waals surface area contributed by atoms with Crippen LogP contribution >= 0.6 is 12.4 Å². The number of aryl methyl sites for hydroxylation is 1. The van der Waals surface area contributed by atoms with E-state index < -0.39 is 10.0 Å². The number of nitrogens with one attached hydrogen (secondary N) is 1. The number of primary sulfonamides is 1. The molecule has 6 heteroatoms. The van der Waals surface area contributed by atoms with E-state index in [1.165, 1.54) is 11.1 Å². The summed E-state index contributed by atoms with van der Waals surface area (Å²) in [5, 5.41) is 9.13. The third-order valence-electron chi connectivity index (χ3n) is 5.98. The maximum absolute atomic E-state index is 12.4. The molecule has 3 N–H and O–H groups in total. The summed E-state index contributed by atoms with van der Waals surface area (Å²) in [6, 6.07) is 13.6. The van der Waals surface area contributed by atoms with Crippen LogP contribution in [0.25, 0.3) is 11.1 Å². The van der Waals surface area contributed by atoms with Crippen LogP contribution in [0.5, 0.6) is 0 Å². The summed E-state index contributed by atoms with van der Waals surface area (Å²) in [5.74, 6) is 0.598. The summed E-state index contributed by atoms with van der Waals surface area (Å²) >= 11 is 0. The van der Waals surface area contributed by atoms with Crippen molar-refractivity contribution in [2.24, 2.45) is 11.1 Å². The molecule has 0 radical (unpaired) electrons. The molecule has 4 nitrogen and oxygen atoms in total. The minimum Gasteiger partial charge on any atom is -0.316 e. The summed E-state index contributed by atoms with van der Waals surface area (Å²) in [7, 11) is -3.80. The fraction of sp³-hybridized carbons (Fsp3) is 0.429. The van der Waals surface area contributed by atoms with E-state index in [1.807, 2.05) is 36.4 Å². The van der Waals surface area contributed by atoms with Crippen molar-refractivity contribution < 1.29 is 8.42 Å². The summed E-state index contributed by atoms with van der Waals surface area (Å²) in [6.45, 7) is 4.12. The summed E-state index contributed by atoms with van der Waals surface area (Å²) < 4.78 is 24.8. The third kappa shape index (κ3) is 3.54. The molecule has 0 amide bonds. The average Bonchev–Trinajstić information content (AvgIpc) is 3.19. The van der Waals surface area contributed by atoms with Crippen molar-refractivity contribution in [2.75, 3.05) is 13.1 Å². The molecule has 27 heavy (non-hydrogen) atoms. The first-order valence-electron chi connectivity index (χ1n) is 9.42. The molecule has 1 heterocycles. The molecule has 0 spiro atoms. The lowest BCUT2D eigenvalue weighted by Gasteiger charge is -2.24. The predicted molar refractivity (Wildman–Crippen MR) is 112 cm³/mol. The zero-order valence-electron chi connectivity index (χ0n) is 15.6. The summed E-state index contributed by atoms with van der Waals surface area (Å²) in [5.41, 5.74) is 4.34. The first-order chi connectivity index (χ1) is 12.5. The lowest BCUT2D eigenvalue weighted by atomic mass is 9.82. The van der Waals surface area contributed by atoms with Crippen LogP contribution in [-0.2, 0) is 21.9 Å². The first-order valence-corrected chi connectivity index (χ1v) is 11.0. The number of halogens is 1. The Morgan fingerprint density at radius 2 is 1.93 bits per heavy atom. The van der Waals surface area contributed by atoms with E-state index in [0.29, 0.717) is 5.92 Å². The standard InChI is InChI=1S/C21H26N2O2S.ClH/c1-2-3-7-16-10-11-18(26(22,24)25)19(15-8-5-4-6-9-15)20(16)21-12-17(21)13-23-14-21;/h4-6,8-11,17,23H,2-3,7,12-14H2,1H3,(H2,22,24,25);1H. The topological polar surface area (TPSA) is 72.2 Å². The van der Waals surface area contributed by atoms with Crippen molar-refractivity contribution in [1.82, 2.24) is 5.32 Å². The predicted octanol–water partition coefficient (Wildman–Crippen LogP) is 3.63. The molecule has 0 aromatic heterocycles. The SMILES string of the molecule is CCCCc1ccc(S(N)(=O)=O)c(-c2ccccc2)c1C12CNCC1C2.Cl. The van der Waals surface area contributed by atoms with Gasteiger partial charge < -0.3 is 5.32 Å². The van der Waals surface area contributed by atoms with Crippen LogP contribution in [0.3, 0.4) is 0 Å². The van der Waals surface area contributed by atoms with Crippen LogP contribution < -0.4 is 10.5 Å². The molecular formula is C21H27ClN2O2S. The number of hydrogen-bond acceptors (Lipinski definition) is 3. The van der Waals surface area contributed by atoms with E-state index in [4.69, 9.17) is 5.14 Å². The van der Waals surface area contributed by atoms with E-state index in [0.717, 1.165) is 49.9 Å². The fourth-order valence-electron chi connectivity index (χ4n) is 4.63. The van der Waals surface area contributed by atoms with Gasteiger partial charge in [0.1, 0.15) is 0 Å². The Labute approximate surface area is 168 Å². The van der Waals surface area contributed by atoms with E-state index >= 15 is 0 Å². The molecule has 2 fully saturated rings. The van der Waals surface area contributed by atoms with Crippen molar-refractivity contribution in [3.05, 3.63) is 53.6 Å². The van der Waals surface area contributed by atoms with E-state index in [-0.39, 0.29) is 22.7 Å². The Morgan fingerprint density at radius 3 is 2.48 bits per heavy atom. The van der Waals surface area contributed by atoms with E-state index in [9.17, 15) is 8.42 Å². The van der Waals surface area contributed by atoms with E-state index in [2.05, 4.69) is 12.2 Å². The third-order valence-corrected chi connectivity index (χ3v) is 6.94. The number of nitrogens with two attached hydrogens (primary N) is 1. The van der Waals surface area contributed by atoms with Gasteiger partial charge in [-0.3, -0.25) is 0 Å². The molecule has 2 aromatic carbocycles. The molecule has 146 valence electrons. The Balaban J connectivity index is 0.00000210. The normalized spacial score (nSPS) is 23.6. The molecule has 2 atom stereocenters. The highest BCUT2D eigenvalue weighted by Gasteiger charge is 2.59. The maximum Gasteiger partial charge on any atom is 0.238 e. The van der Waals surface area contributed by atoms with Crippen LogP contribution in [0.4, 0.5) is 0 Å². The van der Waals surface area contributed by atoms with Crippen LogP contribution in [0.1, 0.15) is 37.3 Å². The average molecular weight is 407 g/mol. The van der Waals surface area contributed by atoms with Gasteiger partial charge in [0.2, 0.25) is 10.0 Å². The van der Waals surface area contributed by atoms with Crippen molar-refractivity contribution in [2.45, 2.75) is 42.9 Å². The van der Waals surface area contributed by atoms with Gasteiger partial charge in [0.05, 0.1) is 4.90 Å². The molecule has 1 saturated heterocycles. The van der Waals surface area contributed by atoms with Gasteiger partial charge in [-0.1, -0.05) is 49.7 Å². The first kappa shape index (κ1) is 20.3. The van der Waals surface area contributed by atoms with Gasteiger partial charge in [0, 0.05) is 17.5 Å². The Morgan fingerprint density at radius 1 is 1.19 bits per heavy atom. The zero-order chi connectivity index (χ0) is 18.4. The smallest absolute Gasteiger partial charge is 0.238 e. The number of piperidine rings is 1. The van der Waals surface area contributed by atoms with Crippen molar-refractivity contribution in [1.29, 1.82) is 0 Å². The largest absolute Gasteiger partial charge is 0.316 e. The van der Waals surface area contributed by atoms with Gasteiger partial charge in [-0.25, -0.2) is 13.6 Å². The molecular weight excluding hydrogens is 380 g/mol. The second kappa shape index (κ2) is 7.55. The minimum atomic E-state index is -3.80. The zero-order valence-corrected chi connectivity index (χ0v) is 17.2. The van der Waals surface area contributed by atoms with Gasteiger partial charge in [0.15, 0.2) is 0 Å². The molecule has 2 aliphatic rings. The Bertz CT molecular complexity index is 931. The number of benzene rings is 2. The molecule has 2 unspecified atom stereocenters. The van der Waals surface area contributed by atoms with Crippen molar-refractivity contribution >= 4 is 22.4 Å². The van der Waals surface area contributed by atoms with Crippen molar-refractivity contribution in [3.8, 4) is 11.1 Å². The monoisotopic (exact) mass is 406 g/mol. The number of sulfonamides is 1. The molecule has 1 aliphatic carbocycles. The number of rotatable bonds is 6. The lowest BCUT2D eigenvalue weighted by molar-refractivity contribution is 0.597. The van der Waals surface area contributed by atoms with Crippen LogP contribution in [0, 0.1) is 5.92 Å². The second-order valence-corrected chi connectivity index (χ2v) is 9.21. The van der Waals surface area contributed by atoms with Crippen LogP contribution in [-0.4, -0.2) is 21.5 Å². The highest BCUT2D eigenvalue weighted by atomic mass is 35.5. The van der Waals surface area contributed by atoms with Gasteiger partial charge in [-0.15, -0.1) is 12.4 Å².